The maximum absolute atomic E-state index is 13.9. The van der Waals surface area contributed by atoms with Crippen molar-refractivity contribution in [3.63, 3.8) is 0 Å². The summed E-state index contributed by atoms with van der Waals surface area (Å²) in [6.07, 6.45) is 0. The summed E-state index contributed by atoms with van der Waals surface area (Å²) in [5.41, 5.74) is 7.28. The van der Waals surface area contributed by atoms with Crippen LogP contribution in [0.4, 0.5) is 13.9 Å². The fourth-order valence-corrected chi connectivity index (χ4v) is 3.27. The molecule has 3 rings (SSSR count). The van der Waals surface area contributed by atoms with E-state index in [2.05, 4.69) is 15.3 Å². The number of hydrogen-bond acceptors (Lipinski definition) is 5. The van der Waals surface area contributed by atoms with E-state index in [0.717, 1.165) is 11.6 Å². The summed E-state index contributed by atoms with van der Waals surface area (Å²) in [5.74, 6) is 0.0895. The van der Waals surface area contributed by atoms with Gasteiger partial charge in [-0.05, 0) is 24.3 Å². The Kier molecular flexibility index (Phi) is 7.91. The average Bonchev–Trinajstić information content (AvgIpc) is 3.13. The highest BCUT2D eigenvalue weighted by atomic mass is 79.9. The van der Waals surface area contributed by atoms with Crippen LogP contribution in [-0.4, -0.2) is 25.2 Å². The Balaban J connectivity index is 0.00000300. The van der Waals surface area contributed by atoms with E-state index in [0.29, 0.717) is 22.3 Å². The lowest BCUT2D eigenvalue weighted by atomic mass is 10.1. The number of aromatic nitrogens is 1. The Labute approximate surface area is 181 Å². The van der Waals surface area contributed by atoms with E-state index in [4.69, 9.17) is 15.2 Å². The van der Waals surface area contributed by atoms with Gasteiger partial charge in [-0.1, -0.05) is 6.07 Å². The molecule has 0 saturated carbocycles. The van der Waals surface area contributed by atoms with Crippen LogP contribution in [0.3, 0.4) is 0 Å². The maximum Gasteiger partial charge on any atom is 0.195 e. The summed E-state index contributed by atoms with van der Waals surface area (Å²) >= 11 is 1.23. The lowest BCUT2D eigenvalue weighted by Crippen LogP contribution is -2.22. The van der Waals surface area contributed by atoms with E-state index in [1.807, 2.05) is 6.07 Å². The van der Waals surface area contributed by atoms with Crippen molar-refractivity contribution < 1.29 is 18.3 Å². The van der Waals surface area contributed by atoms with Crippen LogP contribution in [0.5, 0.6) is 11.5 Å². The number of benzene rings is 2. The van der Waals surface area contributed by atoms with Crippen LogP contribution in [-0.2, 0) is 6.54 Å². The molecule has 0 aliphatic heterocycles. The molecule has 0 bridgehead atoms. The Morgan fingerprint density at radius 1 is 1.17 bits per heavy atom. The molecule has 0 aliphatic carbocycles. The molecular formula is C19H19BrF2N4O2S. The van der Waals surface area contributed by atoms with Crippen LogP contribution >= 0.6 is 28.3 Å². The Morgan fingerprint density at radius 3 is 2.48 bits per heavy atom. The monoisotopic (exact) mass is 484 g/mol. The minimum absolute atomic E-state index is 0. The maximum atomic E-state index is 13.9. The fourth-order valence-electron chi connectivity index (χ4n) is 2.55. The van der Waals surface area contributed by atoms with Crippen molar-refractivity contribution in [2.75, 3.05) is 19.5 Å². The van der Waals surface area contributed by atoms with Gasteiger partial charge in [-0.15, -0.1) is 28.3 Å². The van der Waals surface area contributed by atoms with Gasteiger partial charge in [-0.2, -0.15) is 0 Å². The van der Waals surface area contributed by atoms with Gasteiger partial charge < -0.3 is 20.5 Å². The zero-order valence-corrected chi connectivity index (χ0v) is 18.1. The van der Waals surface area contributed by atoms with Crippen LogP contribution in [0.15, 0.2) is 46.8 Å². The van der Waals surface area contributed by atoms with Gasteiger partial charge in [0.2, 0.25) is 0 Å². The first kappa shape index (κ1) is 22.6. The highest BCUT2D eigenvalue weighted by Crippen LogP contribution is 2.29. The fraction of sp³-hybridized carbons (Fsp3) is 0.158. The van der Waals surface area contributed by atoms with Gasteiger partial charge in [0.25, 0.3) is 0 Å². The van der Waals surface area contributed by atoms with Crippen LogP contribution < -0.4 is 20.5 Å². The van der Waals surface area contributed by atoms with Crippen LogP contribution in [0.1, 0.15) is 5.56 Å². The van der Waals surface area contributed by atoms with Crippen molar-refractivity contribution in [1.82, 2.24) is 4.98 Å². The van der Waals surface area contributed by atoms with Gasteiger partial charge in [-0.3, -0.25) is 0 Å². The lowest BCUT2D eigenvalue weighted by molar-refractivity contribution is 0.385. The molecule has 154 valence electrons. The Morgan fingerprint density at radius 2 is 1.86 bits per heavy atom. The van der Waals surface area contributed by atoms with Gasteiger partial charge in [0.15, 0.2) is 11.1 Å². The molecule has 3 aromatic rings. The van der Waals surface area contributed by atoms with E-state index in [-0.39, 0.29) is 35.0 Å². The van der Waals surface area contributed by atoms with Crippen molar-refractivity contribution in [3.05, 3.63) is 59.0 Å². The van der Waals surface area contributed by atoms with Gasteiger partial charge in [0.05, 0.1) is 32.0 Å². The molecule has 29 heavy (non-hydrogen) atoms. The molecule has 6 nitrogen and oxygen atoms in total. The third-order valence-electron chi connectivity index (χ3n) is 3.88. The number of guanidine groups is 1. The van der Waals surface area contributed by atoms with E-state index >= 15 is 0 Å². The zero-order chi connectivity index (χ0) is 20.1. The molecule has 1 heterocycles. The van der Waals surface area contributed by atoms with Crippen molar-refractivity contribution in [2.24, 2.45) is 10.7 Å². The number of halogens is 3. The van der Waals surface area contributed by atoms with Gasteiger partial charge >= 0.3 is 0 Å². The number of methoxy groups -OCH3 is 2. The van der Waals surface area contributed by atoms with Crippen LogP contribution in [0.25, 0.3) is 11.3 Å². The standard InChI is InChI=1S/C19H18F2N4O2S.BrH/c1-26-16-4-3-5-17(27-2)13(16)9-23-18(22)25-19-24-15(10-28-19)12-7-6-11(20)8-14(12)21;/h3-8,10H,9H2,1-2H3,(H3,22,23,24,25);1H. The average molecular weight is 485 g/mol. The number of nitrogens with two attached hydrogens (primary N) is 1. The summed E-state index contributed by atoms with van der Waals surface area (Å²) in [6.45, 7) is 0.233. The topological polar surface area (TPSA) is 81.8 Å². The molecule has 1 aromatic heterocycles. The first-order valence-corrected chi connectivity index (χ1v) is 9.07. The number of hydrogen-bond donors (Lipinski definition) is 2. The Bertz CT molecular complexity index is 991. The molecule has 0 saturated heterocycles. The minimum atomic E-state index is -0.679. The summed E-state index contributed by atoms with van der Waals surface area (Å²) < 4.78 is 37.6. The van der Waals surface area contributed by atoms with Crippen molar-refractivity contribution in [2.45, 2.75) is 6.54 Å². The predicted molar refractivity (Wildman–Crippen MR) is 116 cm³/mol. The molecule has 3 N–H and O–H groups in total. The summed E-state index contributed by atoms with van der Waals surface area (Å²) in [7, 11) is 3.13. The van der Waals surface area contributed by atoms with Crippen molar-refractivity contribution >= 4 is 39.4 Å². The largest absolute Gasteiger partial charge is 0.496 e. The van der Waals surface area contributed by atoms with Crippen molar-refractivity contribution in [3.8, 4) is 22.8 Å². The molecule has 0 unspecified atom stereocenters. The molecular weight excluding hydrogens is 466 g/mol. The highest BCUT2D eigenvalue weighted by molar-refractivity contribution is 8.93. The number of thiazole rings is 1. The first-order valence-electron chi connectivity index (χ1n) is 8.19. The number of nitrogens with zero attached hydrogens (tertiary/aromatic N) is 2. The second kappa shape index (κ2) is 10.2. The molecule has 2 aromatic carbocycles. The number of anilines is 1. The molecule has 0 radical (unpaired) electrons. The SMILES string of the molecule is Br.COc1cccc(OC)c1CN=C(N)Nc1nc(-c2ccc(F)cc2F)cs1. The van der Waals surface area contributed by atoms with E-state index in [9.17, 15) is 8.78 Å². The molecule has 0 aliphatic rings. The molecule has 0 fully saturated rings. The highest BCUT2D eigenvalue weighted by Gasteiger charge is 2.12. The predicted octanol–water partition coefficient (Wildman–Crippen LogP) is 4.61. The van der Waals surface area contributed by atoms with Gasteiger partial charge in [-0.25, -0.2) is 18.8 Å². The normalized spacial score (nSPS) is 11.0. The van der Waals surface area contributed by atoms with Gasteiger partial charge in [0, 0.05) is 17.0 Å². The van der Waals surface area contributed by atoms with E-state index in [1.165, 1.54) is 23.5 Å². The summed E-state index contributed by atoms with van der Waals surface area (Å²) in [6, 6.07) is 8.77. The number of rotatable bonds is 6. The number of nitrogens with one attached hydrogen (secondary N) is 1. The third-order valence-corrected chi connectivity index (χ3v) is 4.64. The quantitative estimate of drug-likeness (QED) is 0.394. The second-order valence-corrected chi connectivity index (χ2v) is 6.49. The van der Waals surface area contributed by atoms with E-state index in [1.54, 1.807) is 31.7 Å². The third kappa shape index (κ3) is 5.42. The number of ether oxygens (including phenoxy) is 2. The minimum Gasteiger partial charge on any atom is -0.496 e. The molecule has 10 heteroatoms. The van der Waals surface area contributed by atoms with Crippen LogP contribution in [0, 0.1) is 11.6 Å². The molecule has 0 atom stereocenters. The second-order valence-electron chi connectivity index (χ2n) is 5.63. The lowest BCUT2D eigenvalue weighted by Gasteiger charge is -2.11. The molecule has 0 spiro atoms. The van der Waals surface area contributed by atoms with Crippen molar-refractivity contribution in [1.29, 1.82) is 0 Å². The van der Waals surface area contributed by atoms with E-state index < -0.39 is 11.6 Å². The smallest absolute Gasteiger partial charge is 0.195 e. The summed E-state index contributed by atoms with van der Waals surface area (Å²) in [5, 5.41) is 4.95. The summed E-state index contributed by atoms with van der Waals surface area (Å²) in [4.78, 5) is 8.55. The first-order chi connectivity index (χ1) is 13.5. The molecule has 0 amide bonds. The van der Waals surface area contributed by atoms with Gasteiger partial charge in [0.1, 0.15) is 23.1 Å². The van der Waals surface area contributed by atoms with Crippen LogP contribution in [0.2, 0.25) is 0 Å². The zero-order valence-electron chi connectivity index (χ0n) is 15.6. The number of aliphatic imine (C=N–C) groups is 1. The Hall–Kier alpha value is -2.72.